The van der Waals surface area contributed by atoms with Gasteiger partial charge in [0, 0.05) is 17.1 Å². The smallest absolute Gasteiger partial charge is 0.0980 e. The molecule has 110 valence electrons. The van der Waals surface area contributed by atoms with E-state index in [1.165, 1.54) is 32.7 Å². The minimum atomic E-state index is 0.966. The Morgan fingerprint density at radius 1 is 0.667 bits per heavy atom. The van der Waals surface area contributed by atoms with E-state index < -0.39 is 0 Å². The van der Waals surface area contributed by atoms with Crippen LogP contribution in [0.2, 0.25) is 0 Å². The Bertz CT molecular complexity index is 1200. The fourth-order valence-corrected chi connectivity index (χ4v) is 3.95. The second-order valence-corrected chi connectivity index (χ2v) is 6.30. The van der Waals surface area contributed by atoms with Gasteiger partial charge in [-0.15, -0.1) is 0 Å². The summed E-state index contributed by atoms with van der Waals surface area (Å²) in [6.07, 6.45) is 4.13. The van der Waals surface area contributed by atoms with Crippen molar-refractivity contribution in [1.82, 2.24) is 4.98 Å². The van der Waals surface area contributed by atoms with Crippen molar-refractivity contribution in [2.24, 2.45) is 4.99 Å². The Labute approximate surface area is 138 Å². The molecule has 2 heterocycles. The number of hydrogen-bond donors (Lipinski definition) is 0. The van der Waals surface area contributed by atoms with Gasteiger partial charge in [0.2, 0.25) is 0 Å². The first-order chi connectivity index (χ1) is 11.9. The number of aromatic nitrogens is 1. The zero-order chi connectivity index (χ0) is 15.7. The molecule has 0 bridgehead atoms. The predicted molar refractivity (Wildman–Crippen MR) is 96.6 cm³/mol. The quantitative estimate of drug-likeness (QED) is 0.417. The lowest BCUT2D eigenvalue weighted by atomic mass is 9.99. The third-order valence-electron chi connectivity index (χ3n) is 5.04. The van der Waals surface area contributed by atoms with Crippen LogP contribution in [-0.2, 0) is 0 Å². The maximum absolute atomic E-state index is 4.84. The lowest BCUT2D eigenvalue weighted by Crippen LogP contribution is -2.10. The summed E-state index contributed by atoms with van der Waals surface area (Å²) in [5.41, 5.74) is 7.01. The van der Waals surface area contributed by atoms with E-state index in [4.69, 9.17) is 4.99 Å². The van der Waals surface area contributed by atoms with Crippen LogP contribution >= 0.6 is 0 Å². The van der Waals surface area contributed by atoms with Crippen molar-refractivity contribution in [3.63, 3.8) is 0 Å². The molecule has 2 nitrogen and oxygen atoms in total. The zero-order valence-electron chi connectivity index (χ0n) is 12.8. The van der Waals surface area contributed by atoms with Crippen LogP contribution in [-0.4, -0.2) is 4.98 Å². The van der Waals surface area contributed by atoms with E-state index in [-0.39, 0.29) is 0 Å². The molecule has 0 radical (unpaired) electrons. The van der Waals surface area contributed by atoms with E-state index in [1.54, 1.807) is 0 Å². The number of pyridine rings is 1. The van der Waals surface area contributed by atoms with Crippen molar-refractivity contribution in [2.75, 3.05) is 0 Å². The molecule has 0 spiro atoms. The van der Waals surface area contributed by atoms with Gasteiger partial charge in [0.15, 0.2) is 0 Å². The Balaban J connectivity index is 1.76. The fourth-order valence-electron chi connectivity index (χ4n) is 3.95. The van der Waals surface area contributed by atoms with Crippen molar-refractivity contribution in [1.29, 1.82) is 0 Å². The number of fused-ring (bicyclic) bond motifs is 9. The van der Waals surface area contributed by atoms with Crippen LogP contribution in [0.3, 0.4) is 0 Å². The minimum Gasteiger partial charge on any atom is -0.254 e. The van der Waals surface area contributed by atoms with Gasteiger partial charge in [-0.3, -0.25) is 4.98 Å². The van der Waals surface area contributed by atoms with Gasteiger partial charge in [-0.2, -0.15) is 0 Å². The molecule has 0 unspecified atom stereocenters. The summed E-state index contributed by atoms with van der Waals surface area (Å²) < 4.78 is 0. The summed E-state index contributed by atoms with van der Waals surface area (Å²) in [5.74, 6) is 0. The third kappa shape index (κ3) is 1.41. The molecule has 4 aromatic rings. The third-order valence-corrected chi connectivity index (χ3v) is 5.04. The Morgan fingerprint density at radius 3 is 2.54 bits per heavy atom. The normalized spacial score (nSPS) is 12.8. The fraction of sp³-hybridized carbons (Fsp3) is 0. The summed E-state index contributed by atoms with van der Waals surface area (Å²) >= 11 is 0. The molecule has 0 saturated carbocycles. The standard InChI is InChI=1S/C22H12N2/c1-2-5-14-13(4-1)12-19-15(14)7-9-17-16(19)8-10-18-21(17)24-20-6-3-11-23-22(18)20/h1-12H. The topological polar surface area (TPSA) is 25.2 Å². The highest BCUT2D eigenvalue weighted by Crippen LogP contribution is 2.33. The van der Waals surface area contributed by atoms with Gasteiger partial charge in [-0.05, 0) is 51.6 Å². The monoisotopic (exact) mass is 304 g/mol. The number of benzene rings is 3. The molecule has 1 aliphatic heterocycles. The van der Waals surface area contributed by atoms with E-state index >= 15 is 0 Å². The van der Waals surface area contributed by atoms with E-state index in [9.17, 15) is 0 Å². The minimum absolute atomic E-state index is 0.966. The Morgan fingerprint density at radius 2 is 1.54 bits per heavy atom. The molecule has 6 rings (SSSR count). The van der Waals surface area contributed by atoms with E-state index in [1.807, 2.05) is 18.3 Å². The average Bonchev–Trinajstić information content (AvgIpc) is 3.20. The summed E-state index contributed by atoms with van der Waals surface area (Å²) in [5, 5.41) is 4.82. The summed E-state index contributed by atoms with van der Waals surface area (Å²) in [6.45, 7) is 0. The lowest BCUT2D eigenvalue weighted by molar-refractivity contribution is 1.33. The average molecular weight is 304 g/mol. The molecule has 0 amide bonds. The molecule has 0 atom stereocenters. The van der Waals surface area contributed by atoms with Gasteiger partial charge >= 0.3 is 0 Å². The Hall–Kier alpha value is -3.26. The van der Waals surface area contributed by atoms with Crippen LogP contribution in [0.4, 0.5) is 5.69 Å². The highest BCUT2D eigenvalue weighted by atomic mass is 14.8. The van der Waals surface area contributed by atoms with Gasteiger partial charge in [-0.25, -0.2) is 4.99 Å². The van der Waals surface area contributed by atoms with Gasteiger partial charge in [0.1, 0.15) is 0 Å². The van der Waals surface area contributed by atoms with Crippen LogP contribution < -0.4 is 10.6 Å². The van der Waals surface area contributed by atoms with Crippen molar-refractivity contribution in [3.8, 4) is 22.4 Å². The number of rotatable bonds is 0. The highest BCUT2D eigenvalue weighted by molar-refractivity contribution is 5.97. The molecule has 0 N–H and O–H groups in total. The van der Waals surface area contributed by atoms with Gasteiger partial charge in [0.05, 0.1) is 16.7 Å². The van der Waals surface area contributed by atoms with Crippen molar-refractivity contribution >= 4 is 22.5 Å². The summed E-state index contributed by atoms with van der Waals surface area (Å²) in [4.78, 5) is 9.35. The molecule has 1 aromatic heterocycles. The van der Waals surface area contributed by atoms with E-state index in [0.717, 1.165) is 22.3 Å². The van der Waals surface area contributed by atoms with E-state index in [0.29, 0.717) is 0 Å². The van der Waals surface area contributed by atoms with Crippen molar-refractivity contribution in [3.05, 3.63) is 83.0 Å². The maximum atomic E-state index is 4.84. The zero-order valence-corrected chi connectivity index (χ0v) is 12.8. The largest absolute Gasteiger partial charge is 0.254 e. The van der Waals surface area contributed by atoms with Crippen LogP contribution in [0, 0.1) is 0 Å². The molecule has 0 saturated heterocycles. The lowest BCUT2D eigenvalue weighted by Gasteiger charge is -2.04. The van der Waals surface area contributed by atoms with Gasteiger partial charge in [0.25, 0.3) is 0 Å². The number of hydrogen-bond acceptors (Lipinski definition) is 2. The Kier molecular flexibility index (Phi) is 2.12. The van der Waals surface area contributed by atoms with Crippen LogP contribution in [0.15, 0.2) is 71.9 Å². The molecular weight excluding hydrogens is 292 g/mol. The first kappa shape index (κ1) is 12.2. The van der Waals surface area contributed by atoms with Gasteiger partial charge in [-0.1, -0.05) is 42.5 Å². The maximum Gasteiger partial charge on any atom is 0.0980 e. The second-order valence-electron chi connectivity index (χ2n) is 6.30. The van der Waals surface area contributed by atoms with Crippen LogP contribution in [0.1, 0.15) is 5.56 Å². The summed E-state index contributed by atoms with van der Waals surface area (Å²) in [6, 6.07) is 21.4. The second kappa shape index (κ2) is 4.18. The first-order valence-electron chi connectivity index (χ1n) is 8.11. The van der Waals surface area contributed by atoms with Crippen molar-refractivity contribution in [2.45, 2.75) is 0 Å². The molecule has 1 aliphatic carbocycles. The molecule has 24 heavy (non-hydrogen) atoms. The van der Waals surface area contributed by atoms with Crippen LogP contribution in [0.25, 0.3) is 39.2 Å². The van der Waals surface area contributed by atoms with Crippen LogP contribution in [0.5, 0.6) is 0 Å². The first-order valence-corrected chi connectivity index (χ1v) is 8.11. The molecule has 2 heteroatoms. The molecule has 0 fully saturated rings. The molecule has 3 aromatic carbocycles. The SMILES string of the molecule is C1=c2c(ccc3c4c(ccc23)-c2ncccc2N=4)-c2ccccc21. The van der Waals surface area contributed by atoms with Gasteiger partial charge < -0.3 is 0 Å². The molecular formula is C22H12N2. The predicted octanol–water partition coefficient (Wildman–Crippen LogP) is 3.98. The number of nitrogens with zero attached hydrogens (tertiary/aromatic N) is 2. The molecule has 2 aliphatic rings. The summed E-state index contributed by atoms with van der Waals surface area (Å²) in [7, 11) is 0. The van der Waals surface area contributed by atoms with Crippen molar-refractivity contribution < 1.29 is 0 Å². The highest BCUT2D eigenvalue weighted by Gasteiger charge is 2.19. The van der Waals surface area contributed by atoms with E-state index in [2.05, 4.69) is 59.6 Å².